The maximum absolute atomic E-state index is 12.2. The first-order valence-corrected chi connectivity index (χ1v) is 8.27. The minimum Gasteiger partial charge on any atom is -0.490 e. The number of ether oxygens (including phenoxy) is 2. The van der Waals surface area contributed by atoms with E-state index in [1.54, 1.807) is 26.8 Å². The maximum atomic E-state index is 12.2. The largest absolute Gasteiger partial charge is 0.490 e. The lowest BCUT2D eigenvalue weighted by molar-refractivity contribution is -0.0357. The molecule has 1 aromatic rings. The van der Waals surface area contributed by atoms with Crippen molar-refractivity contribution in [2.45, 2.75) is 45.1 Å². The minimum atomic E-state index is -3.77. The van der Waals surface area contributed by atoms with Crippen molar-refractivity contribution in [2.24, 2.45) is 0 Å². The highest BCUT2D eigenvalue weighted by Gasteiger charge is 2.21. The lowest BCUT2D eigenvalue weighted by atomic mass is 10.2. The van der Waals surface area contributed by atoms with Gasteiger partial charge in [-0.1, -0.05) is 4.89 Å². The highest BCUT2D eigenvalue weighted by atomic mass is 32.2. The molecule has 0 amide bonds. The number of benzene rings is 1. The molecular formula is C14H23NO5S. The fraction of sp³-hybridized carbons (Fsp3) is 0.571. The number of sulfonamides is 1. The van der Waals surface area contributed by atoms with Crippen molar-refractivity contribution in [3.63, 3.8) is 0 Å². The smallest absolute Gasteiger partial charge is 0.262 e. The van der Waals surface area contributed by atoms with Gasteiger partial charge < -0.3 is 9.47 Å². The second-order valence-electron chi connectivity index (χ2n) is 5.28. The van der Waals surface area contributed by atoms with Gasteiger partial charge >= 0.3 is 0 Å². The van der Waals surface area contributed by atoms with E-state index in [2.05, 4.69) is 4.89 Å². The molecule has 1 rings (SSSR count). The Kier molecular flexibility index (Phi) is 6.00. The van der Waals surface area contributed by atoms with Gasteiger partial charge in [0.2, 0.25) is 0 Å². The van der Waals surface area contributed by atoms with Crippen LogP contribution < -0.4 is 14.4 Å². The molecule has 0 unspecified atom stereocenters. The molecule has 7 heteroatoms. The summed E-state index contributed by atoms with van der Waals surface area (Å²) in [5.41, 5.74) is -0.624. The summed E-state index contributed by atoms with van der Waals surface area (Å²) in [6.45, 7) is 9.79. The van der Waals surface area contributed by atoms with E-state index in [0.29, 0.717) is 24.7 Å². The Hall–Kier alpha value is -1.31. The average Bonchev–Trinajstić information content (AvgIpc) is 2.38. The minimum absolute atomic E-state index is 0.0543. The van der Waals surface area contributed by atoms with Gasteiger partial charge in [-0.15, -0.1) is 0 Å². The van der Waals surface area contributed by atoms with Crippen LogP contribution in [0.2, 0.25) is 0 Å². The average molecular weight is 317 g/mol. The van der Waals surface area contributed by atoms with Gasteiger partial charge in [0.15, 0.2) is 11.5 Å². The third-order valence-electron chi connectivity index (χ3n) is 2.28. The van der Waals surface area contributed by atoms with E-state index in [1.807, 2.05) is 13.8 Å². The van der Waals surface area contributed by atoms with Crippen LogP contribution in [-0.2, 0) is 14.9 Å². The molecule has 0 heterocycles. The highest BCUT2D eigenvalue weighted by Crippen LogP contribution is 2.30. The summed E-state index contributed by atoms with van der Waals surface area (Å²) in [5, 5.41) is 0. The van der Waals surface area contributed by atoms with Gasteiger partial charge in [0.25, 0.3) is 10.0 Å². The Morgan fingerprint density at radius 1 is 1.05 bits per heavy atom. The van der Waals surface area contributed by atoms with Crippen LogP contribution in [0.25, 0.3) is 0 Å². The normalized spacial score (nSPS) is 12.2. The Morgan fingerprint density at radius 2 is 1.62 bits per heavy atom. The lowest BCUT2D eigenvalue weighted by Gasteiger charge is -2.19. The molecule has 0 bridgehead atoms. The van der Waals surface area contributed by atoms with Crippen LogP contribution in [0.15, 0.2) is 23.1 Å². The number of rotatable bonds is 7. The summed E-state index contributed by atoms with van der Waals surface area (Å²) in [6, 6.07) is 4.44. The molecule has 1 N–H and O–H groups in total. The van der Waals surface area contributed by atoms with Crippen molar-refractivity contribution in [1.29, 1.82) is 0 Å². The zero-order valence-corrected chi connectivity index (χ0v) is 13.9. The van der Waals surface area contributed by atoms with Crippen molar-refractivity contribution in [3.05, 3.63) is 18.2 Å². The number of hydrogen-bond donors (Lipinski definition) is 1. The van der Waals surface area contributed by atoms with Crippen LogP contribution in [-0.4, -0.2) is 27.2 Å². The number of hydrogen-bond acceptors (Lipinski definition) is 5. The zero-order valence-electron chi connectivity index (χ0n) is 13.1. The Morgan fingerprint density at radius 3 is 2.14 bits per heavy atom. The predicted molar refractivity (Wildman–Crippen MR) is 79.9 cm³/mol. The zero-order chi connectivity index (χ0) is 16.1. The van der Waals surface area contributed by atoms with E-state index in [0.717, 1.165) is 0 Å². The van der Waals surface area contributed by atoms with Gasteiger partial charge in [0, 0.05) is 6.07 Å². The van der Waals surface area contributed by atoms with E-state index >= 15 is 0 Å². The van der Waals surface area contributed by atoms with Crippen LogP contribution in [0.1, 0.15) is 34.6 Å². The second kappa shape index (κ2) is 7.11. The van der Waals surface area contributed by atoms with Gasteiger partial charge in [0.05, 0.1) is 23.7 Å². The first-order valence-electron chi connectivity index (χ1n) is 6.79. The molecule has 0 fully saturated rings. The summed E-state index contributed by atoms with van der Waals surface area (Å²) in [4.78, 5) is 7.28. The van der Waals surface area contributed by atoms with Gasteiger partial charge in [-0.05, 0) is 46.8 Å². The molecule has 6 nitrogen and oxygen atoms in total. The number of nitrogens with one attached hydrogen (secondary N) is 1. The van der Waals surface area contributed by atoms with Crippen molar-refractivity contribution in [1.82, 2.24) is 4.89 Å². The summed E-state index contributed by atoms with van der Waals surface area (Å²) < 4.78 is 35.2. The van der Waals surface area contributed by atoms with Gasteiger partial charge in [-0.2, -0.15) is 0 Å². The Balaban J connectivity index is 3.04. The van der Waals surface area contributed by atoms with Gasteiger partial charge in [-0.3, -0.25) is 4.84 Å². The maximum Gasteiger partial charge on any atom is 0.262 e. The highest BCUT2D eigenvalue weighted by molar-refractivity contribution is 7.89. The molecule has 21 heavy (non-hydrogen) atoms. The van der Waals surface area contributed by atoms with E-state index in [4.69, 9.17) is 14.3 Å². The van der Waals surface area contributed by atoms with Crippen LogP contribution in [0.5, 0.6) is 11.5 Å². The predicted octanol–water partition coefficient (Wildman–Crippen LogP) is 2.49. The van der Waals surface area contributed by atoms with Crippen LogP contribution >= 0.6 is 0 Å². The van der Waals surface area contributed by atoms with Crippen molar-refractivity contribution >= 4 is 10.0 Å². The molecule has 0 radical (unpaired) electrons. The second-order valence-corrected chi connectivity index (χ2v) is 6.92. The fourth-order valence-electron chi connectivity index (χ4n) is 1.43. The summed E-state index contributed by atoms with van der Waals surface area (Å²) in [6.07, 6.45) is 0. The summed E-state index contributed by atoms with van der Waals surface area (Å²) >= 11 is 0. The van der Waals surface area contributed by atoms with E-state index < -0.39 is 15.6 Å². The van der Waals surface area contributed by atoms with E-state index in [-0.39, 0.29) is 4.90 Å². The van der Waals surface area contributed by atoms with E-state index in [9.17, 15) is 8.42 Å². The lowest BCUT2D eigenvalue weighted by Crippen LogP contribution is -2.33. The molecule has 0 aliphatic carbocycles. The third kappa shape index (κ3) is 5.53. The molecule has 0 aliphatic heterocycles. The first-order chi connectivity index (χ1) is 9.69. The monoisotopic (exact) mass is 317 g/mol. The molecule has 0 saturated heterocycles. The summed E-state index contributed by atoms with van der Waals surface area (Å²) in [7, 11) is -3.77. The summed E-state index contributed by atoms with van der Waals surface area (Å²) in [5.74, 6) is 0.896. The van der Waals surface area contributed by atoms with Gasteiger partial charge in [-0.25, -0.2) is 8.42 Å². The quantitative estimate of drug-likeness (QED) is 0.782. The Bertz CT molecular complexity index is 563. The van der Waals surface area contributed by atoms with E-state index in [1.165, 1.54) is 12.1 Å². The van der Waals surface area contributed by atoms with Crippen molar-refractivity contribution < 1.29 is 22.7 Å². The van der Waals surface area contributed by atoms with Crippen molar-refractivity contribution in [2.75, 3.05) is 13.2 Å². The standard InChI is InChI=1S/C14H23NO5S/c1-6-18-12-9-8-11(10-13(12)19-7-2)21(16,17)15-20-14(3,4)5/h8-10,15H,6-7H2,1-5H3. The molecule has 0 aliphatic rings. The van der Waals surface area contributed by atoms with Crippen molar-refractivity contribution in [3.8, 4) is 11.5 Å². The molecule has 0 spiro atoms. The third-order valence-corrected chi connectivity index (χ3v) is 3.46. The molecular weight excluding hydrogens is 294 g/mol. The molecule has 0 atom stereocenters. The fourth-order valence-corrected chi connectivity index (χ4v) is 2.39. The Labute approximate surface area is 126 Å². The topological polar surface area (TPSA) is 73.9 Å². The molecule has 120 valence electrons. The van der Waals surface area contributed by atoms with Crippen LogP contribution in [0.3, 0.4) is 0 Å². The van der Waals surface area contributed by atoms with Crippen LogP contribution in [0.4, 0.5) is 0 Å². The molecule has 0 saturated carbocycles. The molecule has 0 aromatic heterocycles. The first kappa shape index (κ1) is 17.7. The van der Waals surface area contributed by atoms with Crippen LogP contribution in [0, 0.1) is 0 Å². The molecule has 1 aromatic carbocycles. The van der Waals surface area contributed by atoms with Gasteiger partial charge in [0.1, 0.15) is 0 Å². The SMILES string of the molecule is CCOc1ccc(S(=O)(=O)NOC(C)(C)C)cc1OCC.